The third kappa shape index (κ3) is 3.65. The van der Waals surface area contributed by atoms with Gasteiger partial charge < -0.3 is 5.32 Å². The van der Waals surface area contributed by atoms with E-state index in [0.29, 0.717) is 22.6 Å². The smallest absolute Gasteiger partial charge is 0.269 e. The van der Waals surface area contributed by atoms with Gasteiger partial charge in [-0.25, -0.2) is 4.98 Å². The van der Waals surface area contributed by atoms with Gasteiger partial charge in [-0.2, -0.15) is 0 Å². The Balaban J connectivity index is 1.58. The van der Waals surface area contributed by atoms with Gasteiger partial charge in [0.25, 0.3) is 11.2 Å². The highest BCUT2D eigenvalue weighted by atomic mass is 32.1. The predicted octanol–water partition coefficient (Wildman–Crippen LogP) is 3.44. The number of nitro groups is 1. The van der Waals surface area contributed by atoms with E-state index in [0.717, 1.165) is 29.7 Å². The molecule has 0 radical (unpaired) electrons. The van der Waals surface area contributed by atoms with Crippen LogP contribution in [0.5, 0.6) is 0 Å². The second-order valence-electron chi connectivity index (χ2n) is 7.51. The van der Waals surface area contributed by atoms with E-state index in [1.165, 1.54) is 34.0 Å². The fourth-order valence-corrected chi connectivity index (χ4v) is 5.07. The lowest BCUT2D eigenvalue weighted by molar-refractivity contribution is -0.384. The lowest BCUT2D eigenvalue weighted by Crippen LogP contribution is -2.28. The van der Waals surface area contributed by atoms with E-state index in [2.05, 4.69) is 17.2 Å². The van der Waals surface area contributed by atoms with Crippen LogP contribution in [0.4, 0.5) is 11.4 Å². The lowest BCUT2D eigenvalue weighted by Gasteiger charge is -2.17. The normalized spacial score (nSPS) is 15.9. The number of aromatic nitrogens is 2. The summed E-state index contributed by atoms with van der Waals surface area (Å²) in [4.78, 5) is 42.2. The van der Waals surface area contributed by atoms with Crippen molar-refractivity contribution in [1.29, 1.82) is 0 Å². The Morgan fingerprint density at radius 1 is 1.45 bits per heavy atom. The fourth-order valence-electron chi connectivity index (χ4n) is 3.72. The zero-order valence-electron chi connectivity index (χ0n) is 16.1. The van der Waals surface area contributed by atoms with Crippen LogP contribution in [0.25, 0.3) is 10.2 Å². The highest BCUT2D eigenvalue weighted by molar-refractivity contribution is 7.18. The van der Waals surface area contributed by atoms with Crippen molar-refractivity contribution in [3.8, 4) is 0 Å². The standard InChI is InChI=1S/C20H20N4O4S/c1-11-3-5-14-16(7-11)29-19-18(14)20(26)23(10-21-19)9-17(25)22-15-6-4-13(24(27)28)8-12(15)2/h4,6,8,10-11H,3,5,7,9H2,1-2H3,(H,22,25). The van der Waals surface area contributed by atoms with Gasteiger partial charge >= 0.3 is 0 Å². The van der Waals surface area contributed by atoms with Gasteiger partial charge in [-0.3, -0.25) is 24.3 Å². The minimum absolute atomic E-state index is 0.0390. The van der Waals surface area contributed by atoms with Crippen LogP contribution in [-0.2, 0) is 24.2 Å². The summed E-state index contributed by atoms with van der Waals surface area (Å²) in [7, 11) is 0. The van der Waals surface area contributed by atoms with Gasteiger partial charge in [0.15, 0.2) is 0 Å². The molecule has 4 rings (SSSR count). The van der Waals surface area contributed by atoms with Gasteiger partial charge in [0.05, 0.1) is 16.6 Å². The van der Waals surface area contributed by atoms with Crippen molar-refractivity contribution in [3.05, 3.63) is 61.0 Å². The molecule has 1 aliphatic rings. The Bertz CT molecular complexity index is 1200. The van der Waals surface area contributed by atoms with Crippen LogP contribution in [0.3, 0.4) is 0 Å². The molecule has 1 amide bonds. The van der Waals surface area contributed by atoms with Crippen molar-refractivity contribution >= 4 is 38.8 Å². The van der Waals surface area contributed by atoms with Crippen LogP contribution in [0.2, 0.25) is 0 Å². The van der Waals surface area contributed by atoms with E-state index in [-0.39, 0.29) is 23.7 Å². The number of nitrogens with one attached hydrogen (secondary N) is 1. The minimum atomic E-state index is -0.485. The van der Waals surface area contributed by atoms with Gasteiger partial charge in [0.1, 0.15) is 11.4 Å². The molecule has 9 heteroatoms. The first-order valence-electron chi connectivity index (χ1n) is 9.38. The van der Waals surface area contributed by atoms with Crippen molar-refractivity contribution in [3.63, 3.8) is 0 Å². The summed E-state index contributed by atoms with van der Waals surface area (Å²) >= 11 is 1.57. The molecule has 0 aliphatic heterocycles. The average molecular weight is 412 g/mol. The molecule has 29 heavy (non-hydrogen) atoms. The van der Waals surface area contributed by atoms with Gasteiger partial charge in [-0.15, -0.1) is 11.3 Å². The monoisotopic (exact) mass is 412 g/mol. The first-order valence-corrected chi connectivity index (χ1v) is 10.2. The van der Waals surface area contributed by atoms with Crippen molar-refractivity contribution in [2.75, 3.05) is 5.32 Å². The number of nitrogens with zero attached hydrogens (tertiary/aromatic N) is 3. The largest absolute Gasteiger partial charge is 0.324 e. The summed E-state index contributed by atoms with van der Waals surface area (Å²) in [5.74, 6) is 0.219. The van der Waals surface area contributed by atoms with Crippen molar-refractivity contribution in [2.45, 2.75) is 39.7 Å². The quantitative estimate of drug-likeness (QED) is 0.522. The summed E-state index contributed by atoms with van der Waals surface area (Å²) in [5, 5.41) is 14.2. The zero-order valence-corrected chi connectivity index (χ0v) is 16.9. The molecule has 2 heterocycles. The first-order chi connectivity index (χ1) is 13.8. The van der Waals surface area contributed by atoms with Crippen LogP contribution in [-0.4, -0.2) is 20.4 Å². The molecule has 1 N–H and O–H groups in total. The molecule has 2 aromatic heterocycles. The van der Waals surface area contributed by atoms with Gasteiger partial charge in [-0.1, -0.05) is 6.92 Å². The Labute approximate surface area is 170 Å². The number of rotatable bonds is 4. The topological polar surface area (TPSA) is 107 Å². The molecule has 1 aromatic carbocycles. The maximum absolute atomic E-state index is 13.0. The van der Waals surface area contributed by atoms with E-state index < -0.39 is 4.92 Å². The Kier molecular flexibility index (Phi) is 4.91. The van der Waals surface area contributed by atoms with Crippen LogP contribution in [0.1, 0.15) is 29.3 Å². The van der Waals surface area contributed by atoms with Gasteiger partial charge in [-0.05, 0) is 49.3 Å². The number of hydrogen-bond acceptors (Lipinski definition) is 6. The van der Waals surface area contributed by atoms with Crippen molar-refractivity contribution < 1.29 is 9.72 Å². The second-order valence-corrected chi connectivity index (χ2v) is 8.60. The lowest BCUT2D eigenvalue weighted by atomic mass is 9.89. The van der Waals surface area contributed by atoms with Crippen LogP contribution >= 0.6 is 11.3 Å². The predicted molar refractivity (Wildman–Crippen MR) is 112 cm³/mol. The molecular formula is C20H20N4O4S. The first kappa shape index (κ1) is 19.3. The van der Waals surface area contributed by atoms with Crippen LogP contribution < -0.4 is 10.9 Å². The third-order valence-electron chi connectivity index (χ3n) is 5.29. The molecular weight excluding hydrogens is 392 g/mol. The number of carbonyl (C=O) groups is 1. The van der Waals surface area contributed by atoms with E-state index in [1.807, 2.05) is 0 Å². The number of aryl methyl sites for hydroxylation is 2. The summed E-state index contributed by atoms with van der Waals surface area (Å²) in [6.07, 6.45) is 4.30. The molecule has 0 saturated heterocycles. The van der Waals surface area contributed by atoms with E-state index in [1.54, 1.807) is 18.3 Å². The number of nitro benzene ring substituents is 1. The van der Waals surface area contributed by atoms with E-state index >= 15 is 0 Å². The maximum Gasteiger partial charge on any atom is 0.269 e. The zero-order chi connectivity index (χ0) is 20.7. The number of non-ortho nitro benzene ring substituents is 1. The van der Waals surface area contributed by atoms with Crippen molar-refractivity contribution in [1.82, 2.24) is 9.55 Å². The fraction of sp³-hybridized carbons (Fsp3) is 0.350. The molecule has 1 aliphatic carbocycles. The molecule has 1 atom stereocenters. The molecule has 0 fully saturated rings. The SMILES string of the molecule is Cc1cc([N+](=O)[O-])ccc1NC(=O)Cn1cnc2sc3c(c2c1=O)CCC(C)C3. The highest BCUT2D eigenvalue weighted by Crippen LogP contribution is 2.35. The molecule has 8 nitrogen and oxygen atoms in total. The molecule has 3 aromatic rings. The second kappa shape index (κ2) is 7.40. The summed E-state index contributed by atoms with van der Waals surface area (Å²) in [5.41, 5.74) is 1.90. The number of anilines is 1. The summed E-state index contributed by atoms with van der Waals surface area (Å²) in [6.45, 7) is 3.73. The molecule has 1 unspecified atom stereocenters. The number of benzene rings is 1. The number of amides is 1. The van der Waals surface area contributed by atoms with Gasteiger partial charge in [0, 0.05) is 22.7 Å². The Morgan fingerprint density at radius 2 is 2.24 bits per heavy atom. The molecule has 0 saturated carbocycles. The Morgan fingerprint density at radius 3 is 2.97 bits per heavy atom. The maximum atomic E-state index is 13.0. The highest BCUT2D eigenvalue weighted by Gasteiger charge is 2.23. The average Bonchev–Trinajstić information content (AvgIpc) is 3.03. The number of hydrogen-bond donors (Lipinski definition) is 1. The van der Waals surface area contributed by atoms with Crippen LogP contribution in [0, 0.1) is 23.0 Å². The third-order valence-corrected chi connectivity index (χ3v) is 6.45. The van der Waals surface area contributed by atoms with Gasteiger partial charge in [0.2, 0.25) is 5.91 Å². The summed E-state index contributed by atoms with van der Waals surface area (Å²) < 4.78 is 1.32. The number of fused-ring (bicyclic) bond motifs is 3. The minimum Gasteiger partial charge on any atom is -0.324 e. The van der Waals surface area contributed by atoms with Crippen LogP contribution in [0.15, 0.2) is 29.3 Å². The Hall–Kier alpha value is -3.07. The molecule has 0 bridgehead atoms. The van der Waals surface area contributed by atoms with E-state index in [4.69, 9.17) is 0 Å². The molecule has 0 spiro atoms. The number of thiophene rings is 1. The number of carbonyl (C=O) groups excluding carboxylic acids is 1. The summed E-state index contributed by atoms with van der Waals surface area (Å²) in [6, 6.07) is 4.22. The van der Waals surface area contributed by atoms with Crippen molar-refractivity contribution in [2.24, 2.45) is 5.92 Å². The van der Waals surface area contributed by atoms with E-state index in [9.17, 15) is 19.7 Å². The molecule has 150 valence electrons.